The minimum Gasteiger partial charge on any atom is -0.481 e. The molecule has 2 aromatic carbocycles. The van der Waals surface area contributed by atoms with Crippen molar-refractivity contribution < 1.29 is 28.8 Å². The summed E-state index contributed by atoms with van der Waals surface area (Å²) in [6, 6.07) is 15.6. The van der Waals surface area contributed by atoms with Gasteiger partial charge < -0.3 is 29.8 Å². The van der Waals surface area contributed by atoms with Gasteiger partial charge in [-0.05, 0) is 86.1 Å². The van der Waals surface area contributed by atoms with E-state index in [9.17, 15) is 9.90 Å². The van der Waals surface area contributed by atoms with Crippen molar-refractivity contribution in [3.8, 4) is 34.6 Å². The Morgan fingerprint density at radius 3 is 1.67 bits per heavy atom. The molecule has 0 atom stereocenters. The van der Waals surface area contributed by atoms with Crippen molar-refractivity contribution in [3.63, 3.8) is 0 Å². The van der Waals surface area contributed by atoms with Crippen LogP contribution in [0.25, 0.3) is 11.1 Å². The number of carboxylic acids is 1. The Morgan fingerprint density at radius 1 is 0.783 bits per heavy atom. The standard InChI is InChI=1S/C35H39Cl2N3O6/c1-20-23(18-45-32-28(36)15-22(30(39-32)43-5)13-14-35(3,4)34(41)42)9-7-11-26(20)27-12-8-10-24(21(27)2)19-46-33-29(37)16-25(17-38)31(40-33)44-6/h7-12,15-16H,13-14,17-19,38H2,1-6H3,(H,41,42). The lowest BCUT2D eigenvalue weighted by Gasteiger charge is -2.20. The quantitative estimate of drug-likeness (QED) is 0.139. The van der Waals surface area contributed by atoms with Crippen LogP contribution in [0.3, 0.4) is 0 Å². The zero-order chi connectivity index (χ0) is 33.6. The smallest absolute Gasteiger partial charge is 0.309 e. The number of methoxy groups -OCH3 is 2. The van der Waals surface area contributed by atoms with Crippen LogP contribution in [0.1, 0.15) is 53.6 Å². The number of aliphatic carboxylic acids is 1. The average Bonchev–Trinajstić information content (AvgIpc) is 3.03. The van der Waals surface area contributed by atoms with Gasteiger partial charge in [-0.2, -0.15) is 9.97 Å². The number of hydrogen-bond donors (Lipinski definition) is 2. The van der Waals surface area contributed by atoms with Crippen molar-refractivity contribution in [3.05, 3.63) is 92.0 Å². The Kier molecular flexibility index (Phi) is 11.4. The summed E-state index contributed by atoms with van der Waals surface area (Å²) >= 11 is 13.0. The van der Waals surface area contributed by atoms with E-state index in [1.807, 2.05) is 24.3 Å². The molecule has 0 radical (unpaired) electrons. The first-order chi connectivity index (χ1) is 21.9. The number of nitrogens with zero attached hydrogens (tertiary/aromatic N) is 2. The van der Waals surface area contributed by atoms with Crippen molar-refractivity contribution in [1.29, 1.82) is 0 Å². The van der Waals surface area contributed by atoms with E-state index in [1.165, 1.54) is 14.2 Å². The van der Waals surface area contributed by atoms with Gasteiger partial charge in [0, 0.05) is 17.7 Å². The number of aryl methyl sites for hydroxylation is 1. The number of nitrogens with two attached hydrogens (primary N) is 1. The highest BCUT2D eigenvalue weighted by molar-refractivity contribution is 6.32. The van der Waals surface area contributed by atoms with Crippen molar-refractivity contribution >= 4 is 29.2 Å². The molecule has 0 saturated heterocycles. The number of rotatable bonds is 14. The molecule has 0 fully saturated rings. The van der Waals surface area contributed by atoms with Gasteiger partial charge in [0.25, 0.3) is 0 Å². The lowest BCUT2D eigenvalue weighted by Crippen LogP contribution is -2.24. The van der Waals surface area contributed by atoms with Gasteiger partial charge in [-0.3, -0.25) is 4.79 Å². The molecule has 11 heteroatoms. The maximum absolute atomic E-state index is 11.5. The van der Waals surface area contributed by atoms with Crippen LogP contribution in [0.15, 0.2) is 48.5 Å². The predicted molar refractivity (Wildman–Crippen MR) is 179 cm³/mol. The van der Waals surface area contributed by atoms with Crippen molar-refractivity contribution in [2.24, 2.45) is 11.1 Å². The third kappa shape index (κ3) is 7.84. The molecule has 2 aromatic heterocycles. The lowest BCUT2D eigenvalue weighted by molar-refractivity contribution is -0.147. The second-order valence-electron chi connectivity index (χ2n) is 11.5. The number of hydrogen-bond acceptors (Lipinski definition) is 8. The number of benzene rings is 2. The number of carbonyl (C=O) groups is 1. The Labute approximate surface area is 279 Å². The van der Waals surface area contributed by atoms with Crippen molar-refractivity contribution in [2.75, 3.05) is 14.2 Å². The van der Waals surface area contributed by atoms with Gasteiger partial charge in [0.1, 0.15) is 23.3 Å². The molecule has 0 bridgehead atoms. The van der Waals surface area contributed by atoms with Gasteiger partial charge >= 0.3 is 5.97 Å². The van der Waals surface area contributed by atoms with Crippen molar-refractivity contribution in [1.82, 2.24) is 9.97 Å². The third-order valence-electron chi connectivity index (χ3n) is 8.08. The van der Waals surface area contributed by atoms with Crippen molar-refractivity contribution in [2.45, 2.75) is 60.3 Å². The van der Waals surface area contributed by atoms with Gasteiger partial charge in [-0.15, -0.1) is 0 Å². The summed E-state index contributed by atoms with van der Waals surface area (Å²) in [5.41, 5.74) is 12.5. The van der Waals surface area contributed by atoms with Crippen LogP contribution in [0.2, 0.25) is 10.0 Å². The fraction of sp³-hybridized carbons (Fsp3) is 0.343. The molecule has 2 heterocycles. The Bertz CT molecular complexity index is 1730. The topological polar surface area (TPSA) is 126 Å². The highest BCUT2D eigenvalue weighted by Gasteiger charge is 2.27. The number of halogens is 2. The van der Waals surface area contributed by atoms with Gasteiger partial charge in [-0.25, -0.2) is 0 Å². The van der Waals surface area contributed by atoms with E-state index in [-0.39, 0.29) is 31.5 Å². The molecule has 0 saturated carbocycles. The largest absolute Gasteiger partial charge is 0.481 e. The van der Waals surface area contributed by atoms with Gasteiger partial charge in [0.2, 0.25) is 23.5 Å². The Hall–Kier alpha value is -4.05. The Morgan fingerprint density at radius 2 is 1.24 bits per heavy atom. The van der Waals surface area contributed by atoms with Gasteiger partial charge in [0.05, 0.1) is 19.6 Å². The molecular formula is C35H39Cl2N3O6. The molecule has 0 spiro atoms. The van der Waals surface area contributed by atoms with Crippen LogP contribution < -0.4 is 24.7 Å². The number of pyridine rings is 2. The molecule has 0 amide bonds. The highest BCUT2D eigenvalue weighted by Crippen LogP contribution is 2.35. The van der Waals surface area contributed by atoms with E-state index in [0.29, 0.717) is 40.2 Å². The predicted octanol–water partition coefficient (Wildman–Crippen LogP) is 7.74. The molecule has 3 N–H and O–H groups in total. The summed E-state index contributed by atoms with van der Waals surface area (Å²) in [5, 5.41) is 10.1. The SMILES string of the molecule is COc1nc(OCc2cccc(-c3cccc(COc4nc(OC)c(CCC(C)(C)C(=O)O)cc4Cl)c3C)c2C)c(Cl)cc1CN. The molecule has 0 aliphatic heterocycles. The fourth-order valence-corrected chi connectivity index (χ4v) is 5.44. The zero-order valence-corrected chi connectivity index (χ0v) is 28.4. The van der Waals surface area contributed by atoms with E-state index in [1.54, 1.807) is 26.0 Å². The number of ether oxygens (including phenoxy) is 4. The molecule has 46 heavy (non-hydrogen) atoms. The van der Waals surface area contributed by atoms with E-state index in [4.69, 9.17) is 47.9 Å². The average molecular weight is 669 g/mol. The van der Waals surface area contributed by atoms with Crippen LogP contribution in [0.5, 0.6) is 23.5 Å². The van der Waals surface area contributed by atoms with Crippen LogP contribution in [0.4, 0.5) is 0 Å². The van der Waals surface area contributed by atoms with E-state index in [2.05, 4.69) is 35.9 Å². The summed E-state index contributed by atoms with van der Waals surface area (Å²) in [6.45, 7) is 8.21. The van der Waals surface area contributed by atoms with Crippen LogP contribution in [-0.4, -0.2) is 35.3 Å². The van der Waals surface area contributed by atoms with Crippen LogP contribution >= 0.6 is 23.2 Å². The van der Waals surface area contributed by atoms with Crippen LogP contribution in [-0.2, 0) is 31.0 Å². The number of carboxylic acid groups (broad SMARTS) is 1. The molecule has 4 aromatic rings. The normalized spacial score (nSPS) is 11.3. The maximum atomic E-state index is 11.5. The molecule has 0 unspecified atom stereocenters. The molecular weight excluding hydrogens is 629 g/mol. The first-order valence-electron chi connectivity index (χ1n) is 14.7. The first-order valence-corrected chi connectivity index (χ1v) is 15.5. The van der Waals surface area contributed by atoms with E-state index in [0.717, 1.165) is 38.9 Å². The molecule has 0 aliphatic carbocycles. The summed E-state index contributed by atoms with van der Waals surface area (Å²) in [7, 11) is 3.04. The van der Waals surface area contributed by atoms with Gasteiger partial charge in [-0.1, -0.05) is 59.6 Å². The molecule has 4 rings (SSSR count). The minimum atomic E-state index is -0.893. The monoisotopic (exact) mass is 667 g/mol. The Balaban J connectivity index is 1.52. The molecule has 244 valence electrons. The fourth-order valence-electron chi connectivity index (χ4n) is 4.98. The third-order valence-corrected chi connectivity index (χ3v) is 8.62. The second-order valence-corrected chi connectivity index (χ2v) is 12.4. The summed E-state index contributed by atoms with van der Waals surface area (Å²) in [5.74, 6) is 0.384. The molecule has 9 nitrogen and oxygen atoms in total. The van der Waals surface area contributed by atoms with E-state index >= 15 is 0 Å². The van der Waals surface area contributed by atoms with E-state index < -0.39 is 11.4 Å². The zero-order valence-electron chi connectivity index (χ0n) is 26.9. The molecule has 0 aliphatic rings. The number of aromatic nitrogens is 2. The lowest BCUT2D eigenvalue weighted by atomic mass is 9.86. The first kappa shape index (κ1) is 34.8. The second kappa shape index (κ2) is 15.0. The summed E-state index contributed by atoms with van der Waals surface area (Å²) in [6.07, 6.45) is 0.843. The summed E-state index contributed by atoms with van der Waals surface area (Å²) in [4.78, 5) is 20.4. The van der Waals surface area contributed by atoms with Gasteiger partial charge in [0.15, 0.2) is 0 Å². The minimum absolute atomic E-state index is 0.230. The van der Waals surface area contributed by atoms with Crippen LogP contribution in [0, 0.1) is 19.3 Å². The maximum Gasteiger partial charge on any atom is 0.309 e. The highest BCUT2D eigenvalue weighted by atomic mass is 35.5. The summed E-state index contributed by atoms with van der Waals surface area (Å²) < 4.78 is 22.9.